The number of anilines is 1. The standard InChI is InChI=1S/C32H34N6O12S2/c1-32(2,30(47)48)50-35-23(19-14-52-31(33)34-19)22(41)11-18-25(42)36-24(29(45)46)15(13-51-28(18)36)12-38(5-3-4-6-38)7-8-49-37-26(43)16-9-20(39)21(40)10-17(16)27(37)44/h9-10,14,18,28H,3-8,11-13H2,1-2H3,(H5-,33,34,35,39,40,41,43,44,45,46,47,48)/t18-,28-/m1/s1. The maximum Gasteiger partial charge on any atom is 0.350 e. The molecule has 0 aliphatic carbocycles. The molecule has 20 heteroatoms. The van der Waals surface area contributed by atoms with Gasteiger partial charge in [-0.25, -0.2) is 9.78 Å². The molecule has 0 spiro atoms. The van der Waals surface area contributed by atoms with Crippen LogP contribution in [0.2, 0.25) is 0 Å². The van der Waals surface area contributed by atoms with Crippen LogP contribution in [0, 0.1) is 5.92 Å². The summed E-state index contributed by atoms with van der Waals surface area (Å²) in [5.74, 6) is -7.58. The van der Waals surface area contributed by atoms with Crippen LogP contribution in [0.4, 0.5) is 5.13 Å². The predicted molar refractivity (Wildman–Crippen MR) is 179 cm³/mol. The number of hydrogen-bond donors (Lipinski definition) is 4. The summed E-state index contributed by atoms with van der Waals surface area (Å²) in [4.78, 5) is 92.7. The molecule has 4 aliphatic rings. The van der Waals surface area contributed by atoms with E-state index in [4.69, 9.17) is 15.4 Å². The van der Waals surface area contributed by atoms with Crippen molar-refractivity contribution in [3.8, 4) is 11.5 Å². The highest BCUT2D eigenvalue weighted by molar-refractivity contribution is 8.00. The normalized spacial score (nSPS) is 21.3. The smallest absolute Gasteiger partial charge is 0.350 e. The number of β-lactam (4-membered cyclic amide) rings is 1. The average Bonchev–Trinajstić information content (AvgIpc) is 3.79. The number of Topliss-reactive ketones (excluding diaryl/α,β-unsaturated/α-hetero) is 1. The number of aromatic hydroxyl groups is 2. The van der Waals surface area contributed by atoms with Gasteiger partial charge < -0.3 is 40.3 Å². The Morgan fingerprint density at radius 3 is 2.31 bits per heavy atom. The maximum absolute atomic E-state index is 13.5. The number of thioether (sulfide) groups is 1. The summed E-state index contributed by atoms with van der Waals surface area (Å²) < 4.78 is 0.356. The zero-order valence-corrected chi connectivity index (χ0v) is 29.5. The summed E-state index contributed by atoms with van der Waals surface area (Å²) in [6.07, 6.45) is 1.26. The molecule has 52 heavy (non-hydrogen) atoms. The van der Waals surface area contributed by atoms with Crippen LogP contribution in [0.5, 0.6) is 11.5 Å². The highest BCUT2D eigenvalue weighted by Gasteiger charge is 2.54. The highest BCUT2D eigenvalue weighted by Crippen LogP contribution is 2.46. The van der Waals surface area contributed by atoms with E-state index in [1.807, 2.05) is 0 Å². The average molecular weight is 759 g/mol. The van der Waals surface area contributed by atoms with Crippen molar-refractivity contribution in [2.45, 2.75) is 44.1 Å². The zero-order valence-electron chi connectivity index (χ0n) is 27.9. The second kappa shape index (κ2) is 13.8. The number of carbonyl (C=O) groups is 6. The number of thiazole rings is 1. The number of nitrogens with two attached hydrogens (primary N) is 1. The fourth-order valence-corrected chi connectivity index (χ4v) is 8.57. The molecule has 1 aromatic carbocycles. The van der Waals surface area contributed by atoms with Gasteiger partial charge in [-0.2, -0.15) is 0 Å². The zero-order chi connectivity index (χ0) is 37.7. The molecular weight excluding hydrogens is 725 g/mol. The number of hydrogen-bond acceptors (Lipinski definition) is 16. The molecule has 2 atom stereocenters. The Balaban J connectivity index is 1.15. The van der Waals surface area contributed by atoms with Crippen LogP contribution in [0.15, 0.2) is 33.9 Å². The molecule has 5 N–H and O–H groups in total. The van der Waals surface area contributed by atoms with E-state index in [2.05, 4.69) is 10.1 Å². The fraction of sp³-hybridized carbons (Fsp3) is 0.438. The lowest BCUT2D eigenvalue weighted by Gasteiger charge is -2.51. The first-order valence-electron chi connectivity index (χ1n) is 16.1. The predicted octanol–water partition coefficient (Wildman–Crippen LogP) is 0.0533. The van der Waals surface area contributed by atoms with Gasteiger partial charge in [0.15, 0.2) is 28.1 Å². The summed E-state index contributed by atoms with van der Waals surface area (Å²) in [6.45, 7) is 4.18. The third kappa shape index (κ3) is 6.69. The van der Waals surface area contributed by atoms with E-state index >= 15 is 0 Å². The van der Waals surface area contributed by atoms with E-state index in [0.717, 1.165) is 41.2 Å². The molecule has 2 saturated heterocycles. The molecule has 0 unspecified atom stereocenters. The first kappa shape index (κ1) is 36.7. The van der Waals surface area contributed by atoms with Gasteiger partial charge in [0, 0.05) is 36.0 Å². The summed E-state index contributed by atoms with van der Waals surface area (Å²) in [6, 6.07) is 1.98. The lowest BCUT2D eigenvalue weighted by atomic mass is 9.89. The Bertz CT molecular complexity index is 1910. The number of phenols is 2. The Morgan fingerprint density at radius 1 is 1.12 bits per heavy atom. The van der Waals surface area contributed by atoms with Crippen LogP contribution in [0.1, 0.15) is 59.5 Å². The Labute approximate surface area is 303 Å². The molecule has 1 aromatic heterocycles. The van der Waals surface area contributed by atoms with Gasteiger partial charge in [-0.3, -0.25) is 28.9 Å². The van der Waals surface area contributed by atoms with Gasteiger partial charge in [0.1, 0.15) is 25.4 Å². The molecule has 0 bridgehead atoms. The van der Waals surface area contributed by atoms with Crippen LogP contribution in [-0.2, 0) is 28.9 Å². The summed E-state index contributed by atoms with van der Waals surface area (Å²) in [5, 5.41) is 46.7. The molecule has 3 amide bonds. The van der Waals surface area contributed by atoms with Crippen molar-refractivity contribution in [2.75, 3.05) is 44.3 Å². The minimum absolute atomic E-state index is 0.0384. The van der Waals surface area contributed by atoms with Crippen LogP contribution in [-0.4, -0.2) is 125 Å². The Hall–Kier alpha value is -5.05. The van der Waals surface area contributed by atoms with Gasteiger partial charge in [0.2, 0.25) is 11.5 Å². The number of carboxylic acids is 2. The number of carboxylic acid groups (broad SMARTS) is 2. The molecular formula is C32H34N6O12S2. The lowest BCUT2D eigenvalue weighted by molar-refractivity contribution is -0.913. The van der Waals surface area contributed by atoms with Gasteiger partial charge in [-0.05, 0) is 26.0 Å². The van der Waals surface area contributed by atoms with Crippen molar-refractivity contribution < 1.29 is 63.4 Å². The van der Waals surface area contributed by atoms with E-state index in [1.54, 1.807) is 0 Å². The van der Waals surface area contributed by atoms with Crippen molar-refractivity contribution in [3.63, 3.8) is 0 Å². The number of imide groups is 1. The fourth-order valence-electron chi connectivity index (χ4n) is 6.62. The third-order valence-corrected chi connectivity index (χ3v) is 11.5. The quantitative estimate of drug-likeness (QED) is 0.0496. The van der Waals surface area contributed by atoms with Crippen molar-refractivity contribution >= 4 is 69.4 Å². The van der Waals surface area contributed by atoms with Gasteiger partial charge in [-0.1, -0.05) is 5.16 Å². The molecule has 0 saturated carbocycles. The van der Waals surface area contributed by atoms with Gasteiger partial charge >= 0.3 is 5.97 Å². The number of phenolic OH excluding ortho intramolecular Hbond substituents is 2. The van der Waals surface area contributed by atoms with E-state index in [-0.39, 0.29) is 65.2 Å². The van der Waals surface area contributed by atoms with E-state index in [9.17, 15) is 49.2 Å². The van der Waals surface area contributed by atoms with Crippen LogP contribution < -0.4 is 10.8 Å². The number of ketones is 1. The largest absolute Gasteiger partial charge is 0.543 e. The monoisotopic (exact) mass is 758 g/mol. The number of benzene rings is 1. The number of fused-ring (bicyclic) bond motifs is 2. The maximum atomic E-state index is 13.5. The number of nitrogen functional groups attached to an aromatic ring is 1. The number of likely N-dealkylation sites (tertiary alicyclic amines) is 1. The van der Waals surface area contributed by atoms with Crippen LogP contribution in [0.3, 0.4) is 0 Å². The molecule has 276 valence electrons. The Kier molecular flexibility index (Phi) is 9.77. The second-order valence-corrected chi connectivity index (χ2v) is 15.3. The number of aromatic nitrogens is 1. The SMILES string of the molecule is CC(C)(O/N=C(\C(=O)C[C@@H]1C(=O)N2C(C(=O)[O-])=C(C[N+]3(CCON4C(=O)c5cc(O)c(O)cc5C4=O)CCCC3)CS[C@H]12)c1csc(N)n1)C(=O)O. The number of aliphatic carboxylic acids is 2. The molecule has 2 aromatic rings. The summed E-state index contributed by atoms with van der Waals surface area (Å²) >= 11 is 2.31. The molecule has 18 nitrogen and oxygen atoms in total. The minimum Gasteiger partial charge on any atom is -0.543 e. The summed E-state index contributed by atoms with van der Waals surface area (Å²) in [5.41, 5.74) is 3.61. The lowest BCUT2D eigenvalue weighted by Crippen LogP contribution is -2.64. The molecule has 2 fully saturated rings. The molecule has 0 radical (unpaired) electrons. The minimum atomic E-state index is -1.79. The van der Waals surface area contributed by atoms with Crippen molar-refractivity contribution in [1.29, 1.82) is 0 Å². The summed E-state index contributed by atoms with van der Waals surface area (Å²) in [7, 11) is 0. The van der Waals surface area contributed by atoms with E-state index in [0.29, 0.717) is 28.2 Å². The highest BCUT2D eigenvalue weighted by atomic mass is 32.2. The van der Waals surface area contributed by atoms with Crippen molar-refractivity contribution in [2.24, 2.45) is 11.1 Å². The van der Waals surface area contributed by atoms with E-state index < -0.39 is 63.8 Å². The number of nitrogens with zero attached hydrogens (tertiary/aromatic N) is 5. The first-order chi connectivity index (χ1) is 24.5. The number of carbonyl (C=O) groups excluding carboxylic acids is 5. The molecule has 4 aliphatic heterocycles. The second-order valence-electron chi connectivity index (χ2n) is 13.3. The Morgan fingerprint density at radius 2 is 1.75 bits per heavy atom. The first-order valence-corrected chi connectivity index (χ1v) is 18.0. The number of quaternary nitrogens is 1. The molecule has 5 heterocycles. The number of oxime groups is 1. The van der Waals surface area contributed by atoms with Gasteiger partial charge in [-0.15, -0.1) is 28.2 Å². The van der Waals surface area contributed by atoms with Gasteiger partial charge in [0.25, 0.3) is 11.8 Å². The number of rotatable bonds is 14. The van der Waals surface area contributed by atoms with Crippen molar-refractivity contribution in [1.82, 2.24) is 14.9 Å². The molecule has 6 rings (SSSR count). The number of hydroxylamine groups is 2. The van der Waals surface area contributed by atoms with Crippen molar-refractivity contribution in [3.05, 3.63) is 45.6 Å². The topological polar surface area (TPSA) is 262 Å². The third-order valence-electron chi connectivity index (χ3n) is 9.44. The van der Waals surface area contributed by atoms with E-state index in [1.165, 1.54) is 31.0 Å². The van der Waals surface area contributed by atoms with Crippen LogP contribution in [0.25, 0.3) is 0 Å². The number of amides is 3. The van der Waals surface area contributed by atoms with Gasteiger partial charge in [0.05, 0.1) is 47.2 Å². The van der Waals surface area contributed by atoms with Crippen LogP contribution >= 0.6 is 23.1 Å².